The van der Waals surface area contributed by atoms with Crippen LogP contribution in [-0.2, 0) is 19.4 Å². The van der Waals surface area contributed by atoms with Gasteiger partial charge in [0.05, 0.1) is 39.1 Å². The lowest BCUT2D eigenvalue weighted by Gasteiger charge is -2.25. The first-order chi connectivity index (χ1) is 35.5. The Morgan fingerprint density at radius 1 is 0.529 bits per heavy atom. The van der Waals surface area contributed by atoms with Crippen LogP contribution in [0.2, 0.25) is 0 Å². The van der Waals surface area contributed by atoms with Gasteiger partial charge in [0.1, 0.15) is 24.0 Å². The van der Waals surface area contributed by atoms with Gasteiger partial charge in [0, 0.05) is 95.1 Å². The Balaban J connectivity index is 0.952. The zero-order valence-electron chi connectivity index (χ0n) is 44.1. The van der Waals surface area contributed by atoms with Gasteiger partial charge in [0.2, 0.25) is 0 Å². The highest BCUT2D eigenvalue weighted by molar-refractivity contribution is 6.25. The van der Waals surface area contributed by atoms with Crippen LogP contribution in [0.1, 0.15) is 40.1 Å². The van der Waals surface area contributed by atoms with Crippen LogP contribution < -0.4 is 14.5 Å². The molecular formula is C61H50N6O. The van der Waals surface area contributed by atoms with Crippen molar-refractivity contribution in [1.29, 1.82) is 0 Å². The molecule has 0 atom stereocenters. The molecule has 0 saturated carbocycles. The molecule has 1 aliphatic heterocycles. The lowest BCUT2D eigenvalue weighted by Crippen LogP contribution is -2.25. The first-order valence-corrected chi connectivity index (χ1v) is 23.1. The third kappa shape index (κ3) is 5.94. The van der Waals surface area contributed by atoms with E-state index in [0.29, 0.717) is 39.3 Å². The van der Waals surface area contributed by atoms with Crippen molar-refractivity contribution in [2.75, 3.05) is 16.5 Å². The maximum Gasteiger partial charge on any atom is 0.137 e. The summed E-state index contributed by atoms with van der Waals surface area (Å²) in [4.78, 5) is 9.39. The molecule has 0 aliphatic carbocycles. The fraction of sp³-hybridized carbons (Fsp3) is 0.131. The van der Waals surface area contributed by atoms with Gasteiger partial charge in [-0.2, -0.15) is 0 Å². The van der Waals surface area contributed by atoms with Gasteiger partial charge in [0.15, 0.2) is 0 Å². The Hall–Kier alpha value is -8.29. The maximum atomic E-state index is 8.99. The number of ether oxygens (including phenoxy) is 1. The first kappa shape index (κ1) is 34.1. The summed E-state index contributed by atoms with van der Waals surface area (Å²) in [7, 11) is 0. The second-order valence-corrected chi connectivity index (χ2v) is 19.0. The summed E-state index contributed by atoms with van der Waals surface area (Å²) < 4.78 is 65.9. The van der Waals surface area contributed by atoms with Crippen molar-refractivity contribution in [3.05, 3.63) is 193 Å². The van der Waals surface area contributed by atoms with E-state index in [0.717, 1.165) is 82.9 Å². The van der Waals surface area contributed by atoms with Crippen LogP contribution in [0.3, 0.4) is 0 Å². The Morgan fingerprint density at radius 2 is 1.15 bits per heavy atom. The fourth-order valence-electron chi connectivity index (χ4n) is 10.8. The number of anilines is 4. The summed E-state index contributed by atoms with van der Waals surface area (Å²) in [6.45, 7) is 3.89. The fourth-order valence-corrected chi connectivity index (χ4v) is 10.8. The normalized spacial score (nSPS) is 14.7. The number of benzene rings is 8. The molecule has 1 aliphatic rings. The largest absolute Gasteiger partial charge is 0.457 e. The van der Waals surface area contributed by atoms with Crippen LogP contribution in [0.5, 0.6) is 11.5 Å². The molecule has 68 heavy (non-hydrogen) atoms. The van der Waals surface area contributed by atoms with Crippen molar-refractivity contribution in [3.8, 4) is 28.4 Å². The Kier molecular flexibility index (Phi) is 7.45. The van der Waals surface area contributed by atoms with Gasteiger partial charge in [-0.1, -0.05) is 124 Å². The Bertz CT molecular complexity index is 4150. The summed E-state index contributed by atoms with van der Waals surface area (Å²) in [6.07, 6.45) is 1.98. The van der Waals surface area contributed by atoms with E-state index < -0.39 is 14.0 Å². The van der Waals surface area contributed by atoms with Gasteiger partial charge in [-0.3, -0.25) is 4.57 Å². The molecule has 7 nitrogen and oxygen atoms in total. The number of fused-ring (bicyclic) bond motifs is 10. The van der Waals surface area contributed by atoms with Crippen molar-refractivity contribution in [2.24, 2.45) is 14.0 Å². The lowest BCUT2D eigenvalue weighted by molar-refractivity contribution is 0.483. The van der Waals surface area contributed by atoms with E-state index >= 15 is 0 Å². The van der Waals surface area contributed by atoms with E-state index in [1.54, 1.807) is 0 Å². The summed E-state index contributed by atoms with van der Waals surface area (Å²) in [5.41, 5.74) is 11.4. The van der Waals surface area contributed by atoms with E-state index in [1.165, 1.54) is 14.7 Å². The second kappa shape index (κ2) is 14.9. The van der Waals surface area contributed by atoms with Crippen molar-refractivity contribution in [1.82, 2.24) is 18.7 Å². The van der Waals surface area contributed by atoms with Crippen LogP contribution >= 0.6 is 0 Å². The highest BCUT2D eigenvalue weighted by Crippen LogP contribution is 2.51. The van der Waals surface area contributed by atoms with Crippen molar-refractivity contribution in [2.45, 2.75) is 33.1 Å². The summed E-state index contributed by atoms with van der Waals surface area (Å²) in [5, 5.41) is 5.20. The van der Waals surface area contributed by atoms with E-state index in [4.69, 9.17) is 17.9 Å². The molecule has 0 amide bonds. The van der Waals surface area contributed by atoms with Crippen LogP contribution in [-0.4, -0.2) is 25.4 Å². The number of aryl methyl sites for hydroxylation is 3. The van der Waals surface area contributed by atoms with Gasteiger partial charge >= 0.3 is 0 Å². The van der Waals surface area contributed by atoms with E-state index in [-0.39, 0.29) is 12.1 Å². The number of nitrogens with zero attached hydrogens (tertiary/aromatic N) is 6. The van der Waals surface area contributed by atoms with Gasteiger partial charge in [-0.25, -0.2) is 4.98 Å². The van der Waals surface area contributed by atoms with Crippen molar-refractivity contribution >= 4 is 88.2 Å². The molecule has 0 saturated heterocycles. The quantitative estimate of drug-likeness (QED) is 0.167. The highest BCUT2D eigenvalue weighted by Gasteiger charge is 2.33. The minimum absolute atomic E-state index is 0.158. The smallest absolute Gasteiger partial charge is 0.137 e. The molecule has 0 unspecified atom stereocenters. The Labute approximate surface area is 403 Å². The summed E-state index contributed by atoms with van der Waals surface area (Å²) in [6, 6.07) is 58.3. The van der Waals surface area contributed by atoms with Gasteiger partial charge in [0.25, 0.3) is 0 Å². The molecule has 0 fully saturated rings. The average molecular weight is 889 g/mol. The molecule has 13 rings (SSSR count). The zero-order chi connectivity index (χ0) is 51.0. The van der Waals surface area contributed by atoms with Crippen LogP contribution in [0.4, 0.5) is 22.7 Å². The topological polar surface area (TPSA) is 43.4 Å². The molecule has 5 heterocycles. The lowest BCUT2D eigenvalue weighted by atomic mass is 9.85. The Morgan fingerprint density at radius 3 is 1.84 bits per heavy atom. The molecule has 0 spiro atoms. The van der Waals surface area contributed by atoms with Gasteiger partial charge < -0.3 is 23.7 Å². The van der Waals surface area contributed by atoms with Gasteiger partial charge in [-0.15, -0.1) is 0 Å². The number of hydrogen-bond acceptors (Lipinski definition) is 4. The minimum atomic E-state index is -2.61. The molecule has 0 radical (unpaired) electrons. The monoisotopic (exact) mass is 888 g/mol. The van der Waals surface area contributed by atoms with Crippen LogP contribution in [0.15, 0.2) is 182 Å². The van der Waals surface area contributed by atoms with Crippen LogP contribution in [0.25, 0.3) is 82.4 Å². The number of aromatic nitrogens is 4. The molecule has 8 aromatic carbocycles. The molecular weight excluding hydrogens is 833 g/mol. The summed E-state index contributed by atoms with van der Waals surface area (Å²) >= 11 is 0. The maximum absolute atomic E-state index is 8.99. The average Bonchev–Trinajstić information content (AvgIpc) is 4.13. The molecule has 0 bridgehead atoms. The van der Waals surface area contributed by atoms with E-state index in [1.807, 2.05) is 121 Å². The minimum Gasteiger partial charge on any atom is -0.457 e. The van der Waals surface area contributed by atoms with Crippen molar-refractivity contribution < 1.29 is 13.0 Å². The number of rotatable bonds is 6. The third-order valence-corrected chi connectivity index (χ3v) is 13.9. The predicted octanol–water partition coefficient (Wildman–Crippen LogP) is 15.8. The zero-order valence-corrected chi connectivity index (χ0v) is 38.1. The third-order valence-electron chi connectivity index (χ3n) is 13.9. The predicted molar refractivity (Wildman–Crippen MR) is 284 cm³/mol. The molecule has 0 N–H and O–H groups in total. The SMILES string of the molecule is [2H]C([2H])([2H])n1c2ccccc2c2cc3c4ccccc4n(C([2H])([2H])[2H])c3c(N3CN(c4cccc(Oc5ccc6c7cccc(C(C)(C)C)c7n(-c7cc(C)c(-c8ccccc8)cn7)c6c5)c4)c4ccccc43)c21. The molecule has 7 heteroatoms. The number of pyridine rings is 1. The van der Waals surface area contributed by atoms with Gasteiger partial charge in [-0.05, 0) is 89.7 Å². The van der Waals surface area contributed by atoms with Crippen molar-refractivity contribution in [3.63, 3.8) is 0 Å². The standard InChI is InChI=1S/C61H50N6O/c1-38-32-56(62-36-49(38)39-18-8-7-9-19-39)67-55-34-42(30-31-45(55)46-24-17-25-50(57(46)67)61(2,3)4)68-41-21-16-20-40(33-41)65-37-66(54-29-15-14-28-53(54)65)60-58-47(43-22-10-12-26-51(43)63(58)5)35-48-44-23-11-13-27-52(44)64(6)59(48)60/h7-36H,37H2,1-6H3/i5D3,6D3. The van der Waals surface area contributed by atoms with Crippen LogP contribution in [0, 0.1) is 6.92 Å². The van der Waals surface area contributed by atoms with E-state index in [2.05, 4.69) is 103 Å². The first-order valence-electron chi connectivity index (χ1n) is 26.1. The van der Waals surface area contributed by atoms with E-state index in [9.17, 15) is 0 Å². The number of hydrogen-bond donors (Lipinski definition) is 0. The molecule has 4 aromatic heterocycles. The second-order valence-electron chi connectivity index (χ2n) is 19.0. The molecule has 330 valence electrons. The molecule has 12 aromatic rings. The number of para-hydroxylation sites is 5. The summed E-state index contributed by atoms with van der Waals surface area (Å²) in [5.74, 6) is 2.09. The highest BCUT2D eigenvalue weighted by atomic mass is 16.5.